The van der Waals surface area contributed by atoms with E-state index in [0.29, 0.717) is 12.8 Å². The second kappa shape index (κ2) is 36.9. The number of carbonyl (C=O) groups excluding carboxylic acids is 3. The van der Waals surface area contributed by atoms with Gasteiger partial charge in [0.05, 0.1) is 6.42 Å². The average Bonchev–Trinajstić information content (AvgIpc) is 3.08. The lowest BCUT2D eigenvalue weighted by Crippen LogP contribution is -2.30. The van der Waals surface area contributed by atoms with E-state index in [2.05, 4.69) is 69.4 Å². The van der Waals surface area contributed by atoms with Gasteiger partial charge >= 0.3 is 17.9 Å². The number of unbranched alkanes of at least 4 members (excludes halogenated alkanes) is 13. The maximum atomic E-state index is 12.5. The summed E-state index contributed by atoms with van der Waals surface area (Å²) >= 11 is 0. The van der Waals surface area contributed by atoms with Gasteiger partial charge in [-0.25, -0.2) is 0 Å². The van der Waals surface area contributed by atoms with Gasteiger partial charge in [-0.3, -0.25) is 14.4 Å². The predicted octanol–water partition coefficient (Wildman–Crippen LogP) is 11.8. The number of carbonyl (C=O) groups is 3. The molecule has 0 aromatic heterocycles. The Morgan fingerprint density at radius 2 is 0.875 bits per heavy atom. The van der Waals surface area contributed by atoms with Crippen molar-refractivity contribution in [3.05, 3.63) is 60.8 Å². The molecule has 0 bridgehead atoms. The number of allylic oxidation sites excluding steroid dienone is 9. The molecule has 0 saturated heterocycles. The highest BCUT2D eigenvalue weighted by Crippen LogP contribution is 2.12. The Morgan fingerprint density at radius 1 is 0.458 bits per heavy atom. The molecule has 0 spiro atoms. The van der Waals surface area contributed by atoms with Crippen molar-refractivity contribution in [2.75, 3.05) is 13.2 Å². The van der Waals surface area contributed by atoms with Crippen molar-refractivity contribution in [1.82, 2.24) is 0 Å². The minimum Gasteiger partial charge on any atom is -0.462 e. The Morgan fingerprint density at radius 3 is 1.38 bits per heavy atom. The molecule has 0 aromatic rings. The largest absolute Gasteiger partial charge is 0.462 e. The molecule has 0 N–H and O–H groups in total. The summed E-state index contributed by atoms with van der Waals surface area (Å²) < 4.78 is 16.4. The van der Waals surface area contributed by atoms with Crippen LogP contribution in [0.25, 0.3) is 0 Å². The molecule has 0 aromatic carbocycles. The predicted molar refractivity (Wildman–Crippen MR) is 201 cm³/mol. The minimum absolute atomic E-state index is 0.103. The van der Waals surface area contributed by atoms with E-state index in [0.717, 1.165) is 89.9 Å². The van der Waals surface area contributed by atoms with Gasteiger partial charge in [0.1, 0.15) is 13.2 Å². The van der Waals surface area contributed by atoms with E-state index in [-0.39, 0.29) is 31.6 Å². The third-order valence-electron chi connectivity index (χ3n) is 7.80. The van der Waals surface area contributed by atoms with Crippen molar-refractivity contribution in [3.63, 3.8) is 0 Å². The molecular weight excluding hydrogens is 600 g/mol. The van der Waals surface area contributed by atoms with Gasteiger partial charge in [0.15, 0.2) is 6.10 Å². The van der Waals surface area contributed by atoms with E-state index in [1.54, 1.807) is 6.08 Å². The Hall–Kier alpha value is -2.89. The van der Waals surface area contributed by atoms with Crippen molar-refractivity contribution in [2.45, 2.75) is 175 Å². The number of hydrogen-bond donors (Lipinski definition) is 0. The summed E-state index contributed by atoms with van der Waals surface area (Å²) in [6, 6.07) is 0. The van der Waals surface area contributed by atoms with Gasteiger partial charge in [-0.2, -0.15) is 0 Å². The van der Waals surface area contributed by atoms with Gasteiger partial charge in [-0.15, -0.1) is 0 Å². The topological polar surface area (TPSA) is 78.9 Å². The van der Waals surface area contributed by atoms with Crippen molar-refractivity contribution in [2.24, 2.45) is 0 Å². The molecule has 0 heterocycles. The van der Waals surface area contributed by atoms with Crippen LogP contribution in [0, 0.1) is 0 Å². The van der Waals surface area contributed by atoms with Crippen LogP contribution in [0.5, 0.6) is 0 Å². The van der Waals surface area contributed by atoms with Gasteiger partial charge in [0, 0.05) is 12.8 Å². The molecular formula is C42H70O6. The highest BCUT2D eigenvalue weighted by molar-refractivity contribution is 5.72. The maximum absolute atomic E-state index is 12.5. The van der Waals surface area contributed by atoms with E-state index in [9.17, 15) is 14.4 Å². The summed E-state index contributed by atoms with van der Waals surface area (Å²) in [5.41, 5.74) is 0. The van der Waals surface area contributed by atoms with Gasteiger partial charge in [-0.1, -0.05) is 152 Å². The molecule has 274 valence electrons. The van der Waals surface area contributed by atoms with Gasteiger partial charge < -0.3 is 14.2 Å². The van der Waals surface area contributed by atoms with Crippen molar-refractivity contribution >= 4 is 17.9 Å². The van der Waals surface area contributed by atoms with E-state index in [1.165, 1.54) is 38.5 Å². The van der Waals surface area contributed by atoms with Crippen LogP contribution >= 0.6 is 0 Å². The first-order valence-corrected chi connectivity index (χ1v) is 19.3. The van der Waals surface area contributed by atoms with Crippen LogP contribution in [0.1, 0.15) is 168 Å². The third-order valence-corrected chi connectivity index (χ3v) is 7.80. The van der Waals surface area contributed by atoms with E-state index >= 15 is 0 Å². The average molecular weight is 671 g/mol. The first-order chi connectivity index (χ1) is 23.5. The lowest BCUT2D eigenvalue weighted by molar-refractivity contribution is -0.166. The summed E-state index contributed by atoms with van der Waals surface area (Å²) in [7, 11) is 0. The zero-order valence-electron chi connectivity index (χ0n) is 31.0. The van der Waals surface area contributed by atoms with Crippen LogP contribution in [0.15, 0.2) is 60.8 Å². The van der Waals surface area contributed by atoms with Crippen molar-refractivity contribution < 1.29 is 28.6 Å². The molecule has 0 amide bonds. The molecule has 0 radical (unpaired) electrons. The Balaban J connectivity index is 4.48. The SMILES string of the molecule is CC/C=C\C/C=C\C/C=C\CC(=O)OC(COC(=O)CCCCCCC/C=C\C/C=C\CC)COC(=O)CCCCCCCCCCC. The van der Waals surface area contributed by atoms with E-state index < -0.39 is 12.1 Å². The summed E-state index contributed by atoms with van der Waals surface area (Å²) in [5, 5.41) is 0. The maximum Gasteiger partial charge on any atom is 0.310 e. The Labute approximate surface area is 294 Å². The van der Waals surface area contributed by atoms with Crippen LogP contribution in [0.3, 0.4) is 0 Å². The molecule has 0 rings (SSSR count). The fourth-order valence-electron chi connectivity index (χ4n) is 4.95. The monoisotopic (exact) mass is 671 g/mol. The van der Waals surface area contributed by atoms with Gasteiger partial charge in [0.2, 0.25) is 0 Å². The molecule has 0 aliphatic carbocycles. The number of hydrogen-bond acceptors (Lipinski definition) is 6. The number of rotatable bonds is 33. The van der Waals surface area contributed by atoms with Crippen LogP contribution in [-0.4, -0.2) is 37.2 Å². The van der Waals surface area contributed by atoms with E-state index in [4.69, 9.17) is 14.2 Å². The zero-order valence-corrected chi connectivity index (χ0v) is 31.0. The normalized spacial score (nSPS) is 12.6. The third kappa shape index (κ3) is 34.4. The standard InChI is InChI=1S/C42H70O6/c1-4-7-10-13-16-19-20-21-24-26-29-32-35-41(44)47-38-39(48-42(45)36-33-30-27-23-18-15-12-9-6-3)37-46-40(43)34-31-28-25-22-17-14-11-8-5-2/h7,9-10,12,16,18-19,23,30,33,39H,4-6,8,11,13-15,17,20-22,24-29,31-32,34-38H2,1-3H3/b10-7-,12-9-,19-16-,23-18-,33-30-. The lowest BCUT2D eigenvalue weighted by atomic mass is 10.1. The molecule has 6 heteroatoms. The molecule has 0 aliphatic heterocycles. The minimum atomic E-state index is -0.822. The van der Waals surface area contributed by atoms with Gasteiger partial charge in [0.25, 0.3) is 0 Å². The van der Waals surface area contributed by atoms with Crippen LogP contribution in [-0.2, 0) is 28.6 Å². The van der Waals surface area contributed by atoms with Gasteiger partial charge in [-0.05, 0) is 57.8 Å². The molecule has 0 aliphatic rings. The Kier molecular flexibility index (Phi) is 34.7. The van der Waals surface area contributed by atoms with Crippen molar-refractivity contribution in [1.29, 1.82) is 0 Å². The molecule has 1 atom stereocenters. The smallest absolute Gasteiger partial charge is 0.310 e. The molecule has 1 unspecified atom stereocenters. The van der Waals surface area contributed by atoms with Crippen LogP contribution in [0.4, 0.5) is 0 Å². The lowest BCUT2D eigenvalue weighted by Gasteiger charge is -2.18. The van der Waals surface area contributed by atoms with E-state index in [1.807, 2.05) is 6.08 Å². The fourth-order valence-corrected chi connectivity index (χ4v) is 4.95. The summed E-state index contributed by atoms with van der Waals surface area (Å²) in [5.74, 6) is -1.07. The highest BCUT2D eigenvalue weighted by atomic mass is 16.6. The number of esters is 3. The highest BCUT2D eigenvalue weighted by Gasteiger charge is 2.19. The summed E-state index contributed by atoms with van der Waals surface area (Å²) in [6.07, 6.45) is 42.4. The van der Waals surface area contributed by atoms with Crippen LogP contribution in [0.2, 0.25) is 0 Å². The second-order valence-corrected chi connectivity index (χ2v) is 12.4. The molecule has 0 saturated carbocycles. The second-order valence-electron chi connectivity index (χ2n) is 12.4. The quantitative estimate of drug-likeness (QED) is 0.0299. The fraction of sp³-hybridized carbons (Fsp3) is 0.690. The first-order valence-electron chi connectivity index (χ1n) is 19.3. The summed E-state index contributed by atoms with van der Waals surface area (Å²) in [6.45, 7) is 6.24. The number of ether oxygens (including phenoxy) is 3. The van der Waals surface area contributed by atoms with Crippen LogP contribution < -0.4 is 0 Å². The zero-order chi connectivity index (χ0) is 35.2. The summed E-state index contributed by atoms with van der Waals surface area (Å²) in [4.78, 5) is 37.3. The molecule has 48 heavy (non-hydrogen) atoms. The first kappa shape index (κ1) is 45.1. The molecule has 6 nitrogen and oxygen atoms in total. The Bertz CT molecular complexity index is 913. The molecule has 0 fully saturated rings. The van der Waals surface area contributed by atoms with Crippen molar-refractivity contribution in [3.8, 4) is 0 Å².